The van der Waals surface area contributed by atoms with Crippen molar-refractivity contribution in [2.24, 2.45) is 5.41 Å². The molecule has 0 radical (unpaired) electrons. The molecule has 2 aliphatic rings. The van der Waals surface area contributed by atoms with Crippen LogP contribution in [0.25, 0.3) is 0 Å². The molecule has 3 heterocycles. The summed E-state index contributed by atoms with van der Waals surface area (Å²) in [6.07, 6.45) is 5.60. The van der Waals surface area contributed by atoms with Gasteiger partial charge in [-0.15, -0.1) is 0 Å². The first-order valence-electron chi connectivity index (χ1n) is 11.2. The van der Waals surface area contributed by atoms with E-state index in [-0.39, 0.29) is 11.7 Å². The topological polar surface area (TPSA) is 45.7 Å². The first-order valence-corrected chi connectivity index (χ1v) is 11.2. The Morgan fingerprint density at radius 2 is 2.03 bits per heavy atom. The highest BCUT2D eigenvalue weighted by atomic mass is 19.1. The van der Waals surface area contributed by atoms with Crippen LogP contribution in [0, 0.1) is 11.2 Å². The Hall–Kier alpha value is -2.47. The zero-order chi connectivity index (χ0) is 21.8. The van der Waals surface area contributed by atoms with Gasteiger partial charge in [-0.25, -0.2) is 9.37 Å². The summed E-state index contributed by atoms with van der Waals surface area (Å²) < 4.78 is 20.0. The molecule has 166 valence electrons. The van der Waals surface area contributed by atoms with E-state index in [0.717, 1.165) is 25.2 Å². The maximum absolute atomic E-state index is 14.4. The second-order valence-electron chi connectivity index (χ2n) is 9.09. The lowest BCUT2D eigenvalue weighted by Crippen LogP contribution is -2.51. The molecule has 6 heteroatoms. The van der Waals surface area contributed by atoms with Crippen molar-refractivity contribution in [3.63, 3.8) is 0 Å². The summed E-state index contributed by atoms with van der Waals surface area (Å²) in [5.74, 6) is 1.16. The van der Waals surface area contributed by atoms with E-state index in [9.17, 15) is 9.18 Å². The number of nitrogens with zero attached hydrogens (tertiary/aromatic N) is 3. The van der Waals surface area contributed by atoms with Crippen LogP contribution in [0.4, 0.5) is 10.2 Å². The SMILES string of the molecule is CN(C)c1cc([C@H]2CCCN(C(=O)C3(Cc4ccccc4F)CCOCC3)C2)ccn1. The van der Waals surface area contributed by atoms with E-state index >= 15 is 0 Å². The van der Waals surface area contributed by atoms with Crippen molar-refractivity contribution in [1.29, 1.82) is 0 Å². The van der Waals surface area contributed by atoms with E-state index in [4.69, 9.17) is 4.74 Å². The van der Waals surface area contributed by atoms with Gasteiger partial charge in [-0.1, -0.05) is 18.2 Å². The molecule has 2 fully saturated rings. The quantitative estimate of drug-likeness (QED) is 0.726. The van der Waals surface area contributed by atoms with Crippen LogP contribution in [0.15, 0.2) is 42.6 Å². The molecule has 2 aromatic rings. The van der Waals surface area contributed by atoms with Gasteiger partial charge < -0.3 is 14.5 Å². The molecule has 5 nitrogen and oxygen atoms in total. The molecule has 1 amide bonds. The number of hydrogen-bond donors (Lipinski definition) is 0. The van der Waals surface area contributed by atoms with E-state index in [2.05, 4.69) is 17.1 Å². The summed E-state index contributed by atoms with van der Waals surface area (Å²) in [6, 6.07) is 11.0. The van der Waals surface area contributed by atoms with E-state index in [0.29, 0.717) is 50.5 Å². The van der Waals surface area contributed by atoms with E-state index in [1.165, 1.54) is 11.6 Å². The van der Waals surface area contributed by atoms with Crippen LogP contribution in [0.5, 0.6) is 0 Å². The molecule has 2 saturated heterocycles. The third-order valence-electron chi connectivity index (χ3n) is 6.80. The normalized spacial score (nSPS) is 21.0. The minimum absolute atomic E-state index is 0.158. The molecule has 0 N–H and O–H groups in total. The predicted octanol–water partition coefficient (Wildman–Crippen LogP) is 4.03. The molecule has 1 aromatic heterocycles. The molecular formula is C25H32FN3O2. The number of carbonyl (C=O) groups excluding carboxylic acids is 1. The van der Waals surface area contributed by atoms with Gasteiger partial charge in [-0.2, -0.15) is 0 Å². The van der Waals surface area contributed by atoms with E-state index < -0.39 is 5.41 Å². The summed E-state index contributed by atoms with van der Waals surface area (Å²) in [7, 11) is 3.97. The Bertz CT molecular complexity index is 911. The van der Waals surface area contributed by atoms with Crippen molar-refractivity contribution in [1.82, 2.24) is 9.88 Å². The lowest BCUT2D eigenvalue weighted by Gasteiger charge is -2.42. The number of ether oxygens (including phenoxy) is 1. The molecule has 2 aliphatic heterocycles. The summed E-state index contributed by atoms with van der Waals surface area (Å²) in [5.41, 5.74) is 1.26. The first kappa shape index (κ1) is 21.8. The van der Waals surface area contributed by atoms with Crippen LogP contribution < -0.4 is 4.90 Å². The molecule has 0 bridgehead atoms. The zero-order valence-corrected chi connectivity index (χ0v) is 18.5. The first-order chi connectivity index (χ1) is 15.0. The average Bonchev–Trinajstić information content (AvgIpc) is 2.81. The van der Waals surface area contributed by atoms with Gasteiger partial charge in [0.05, 0.1) is 5.41 Å². The number of anilines is 1. The fourth-order valence-corrected chi connectivity index (χ4v) is 4.94. The number of halogens is 1. The highest BCUT2D eigenvalue weighted by molar-refractivity contribution is 5.83. The van der Waals surface area contributed by atoms with Gasteiger partial charge in [0, 0.05) is 52.5 Å². The second kappa shape index (κ2) is 9.35. The minimum atomic E-state index is -0.588. The maximum atomic E-state index is 14.4. The summed E-state index contributed by atoms with van der Waals surface area (Å²) in [6.45, 7) is 2.57. The minimum Gasteiger partial charge on any atom is -0.381 e. The second-order valence-corrected chi connectivity index (χ2v) is 9.09. The maximum Gasteiger partial charge on any atom is 0.229 e. The van der Waals surface area contributed by atoms with Crippen LogP contribution >= 0.6 is 0 Å². The Morgan fingerprint density at radius 1 is 1.26 bits per heavy atom. The Kier molecular flexibility index (Phi) is 6.56. The fraction of sp³-hybridized carbons (Fsp3) is 0.520. The molecular weight excluding hydrogens is 393 g/mol. The number of benzene rings is 1. The molecule has 0 saturated carbocycles. The number of piperidine rings is 1. The van der Waals surface area contributed by atoms with Crippen molar-refractivity contribution in [3.8, 4) is 0 Å². The number of carbonyl (C=O) groups is 1. The van der Waals surface area contributed by atoms with Gasteiger partial charge in [-0.05, 0) is 61.4 Å². The molecule has 31 heavy (non-hydrogen) atoms. The zero-order valence-electron chi connectivity index (χ0n) is 18.5. The van der Waals surface area contributed by atoms with Gasteiger partial charge in [-0.3, -0.25) is 4.79 Å². The highest BCUT2D eigenvalue weighted by Gasteiger charge is 2.44. The number of hydrogen-bond acceptors (Lipinski definition) is 4. The number of rotatable bonds is 5. The van der Waals surface area contributed by atoms with Crippen LogP contribution in [0.1, 0.15) is 42.7 Å². The van der Waals surface area contributed by atoms with Gasteiger partial charge in [0.15, 0.2) is 0 Å². The van der Waals surface area contributed by atoms with Crippen molar-refractivity contribution >= 4 is 11.7 Å². The van der Waals surface area contributed by atoms with Crippen molar-refractivity contribution in [2.45, 2.75) is 38.0 Å². The summed E-state index contributed by atoms with van der Waals surface area (Å²) in [5, 5.41) is 0. The van der Waals surface area contributed by atoms with E-state index in [1.807, 2.05) is 36.2 Å². The number of likely N-dealkylation sites (tertiary alicyclic amines) is 1. The van der Waals surface area contributed by atoms with Gasteiger partial charge >= 0.3 is 0 Å². The standard InChI is InChI=1S/C25H32FN3O2/c1-28(2)23-16-19(9-12-27-23)21-7-5-13-29(18-21)24(30)25(10-14-31-15-11-25)17-20-6-3-4-8-22(20)26/h3-4,6,8-9,12,16,21H,5,7,10-11,13-15,17-18H2,1-2H3/t21-/m0/s1. The van der Waals surface area contributed by atoms with Gasteiger partial charge in [0.2, 0.25) is 5.91 Å². The largest absolute Gasteiger partial charge is 0.381 e. The Morgan fingerprint density at radius 3 is 2.77 bits per heavy atom. The molecule has 1 atom stereocenters. The lowest BCUT2D eigenvalue weighted by molar-refractivity contribution is -0.149. The number of pyridine rings is 1. The third-order valence-corrected chi connectivity index (χ3v) is 6.80. The average molecular weight is 426 g/mol. The predicted molar refractivity (Wildman–Crippen MR) is 120 cm³/mol. The molecule has 0 unspecified atom stereocenters. The lowest BCUT2D eigenvalue weighted by atomic mass is 9.73. The number of amides is 1. The summed E-state index contributed by atoms with van der Waals surface area (Å²) in [4.78, 5) is 22.3. The third kappa shape index (κ3) is 4.74. The molecule has 4 rings (SSSR count). The highest BCUT2D eigenvalue weighted by Crippen LogP contribution is 2.39. The van der Waals surface area contributed by atoms with Crippen molar-refractivity contribution in [2.75, 3.05) is 45.3 Å². The Balaban J connectivity index is 1.55. The monoisotopic (exact) mass is 425 g/mol. The van der Waals surface area contributed by atoms with Crippen LogP contribution in [-0.2, 0) is 16.0 Å². The van der Waals surface area contributed by atoms with Crippen LogP contribution in [-0.4, -0.2) is 56.2 Å². The summed E-state index contributed by atoms with van der Waals surface area (Å²) >= 11 is 0. The molecule has 1 aromatic carbocycles. The van der Waals surface area contributed by atoms with Crippen molar-refractivity contribution in [3.05, 3.63) is 59.5 Å². The molecule has 0 spiro atoms. The Labute approximate surface area is 184 Å². The van der Waals surface area contributed by atoms with Gasteiger partial charge in [0.25, 0.3) is 0 Å². The fourth-order valence-electron chi connectivity index (χ4n) is 4.94. The van der Waals surface area contributed by atoms with Crippen molar-refractivity contribution < 1.29 is 13.9 Å². The van der Waals surface area contributed by atoms with Crippen LogP contribution in [0.2, 0.25) is 0 Å². The van der Waals surface area contributed by atoms with Gasteiger partial charge in [0.1, 0.15) is 11.6 Å². The molecule has 0 aliphatic carbocycles. The van der Waals surface area contributed by atoms with Crippen LogP contribution in [0.3, 0.4) is 0 Å². The number of aromatic nitrogens is 1. The van der Waals surface area contributed by atoms with E-state index in [1.54, 1.807) is 12.1 Å². The smallest absolute Gasteiger partial charge is 0.229 e.